The summed E-state index contributed by atoms with van der Waals surface area (Å²) < 4.78 is 1.48. The Kier molecular flexibility index (Phi) is 4.94. The first-order valence-corrected chi connectivity index (χ1v) is 8.92. The molecule has 0 saturated heterocycles. The lowest BCUT2D eigenvalue weighted by Gasteiger charge is -2.09. The van der Waals surface area contributed by atoms with E-state index in [1.54, 1.807) is 11.8 Å². The van der Waals surface area contributed by atoms with Gasteiger partial charge in [0.25, 0.3) is 5.91 Å². The maximum Gasteiger partial charge on any atom is 0.316 e. The van der Waals surface area contributed by atoms with E-state index in [1.807, 2.05) is 48.7 Å². The van der Waals surface area contributed by atoms with Crippen molar-refractivity contribution in [2.75, 3.05) is 11.6 Å². The number of hydrogen-bond acceptors (Lipinski definition) is 4. The van der Waals surface area contributed by atoms with Gasteiger partial charge in [0.15, 0.2) is 5.69 Å². The first-order valence-electron chi connectivity index (χ1n) is 7.69. The van der Waals surface area contributed by atoms with Crippen molar-refractivity contribution in [1.29, 1.82) is 0 Å². The van der Waals surface area contributed by atoms with E-state index in [0.717, 1.165) is 21.7 Å². The number of hydrogen-bond donors (Lipinski definition) is 3. The van der Waals surface area contributed by atoms with Crippen molar-refractivity contribution in [3.63, 3.8) is 0 Å². The first-order chi connectivity index (χ1) is 12.5. The summed E-state index contributed by atoms with van der Waals surface area (Å²) in [6.45, 7) is 0. The first kappa shape index (κ1) is 17.6. The van der Waals surface area contributed by atoms with Crippen molar-refractivity contribution in [1.82, 2.24) is 9.78 Å². The summed E-state index contributed by atoms with van der Waals surface area (Å²) in [5, 5.41) is 6.54. The number of aromatic nitrogens is 2. The maximum absolute atomic E-state index is 11.6. The van der Waals surface area contributed by atoms with Crippen molar-refractivity contribution in [3.8, 4) is 16.8 Å². The molecule has 0 unspecified atom stereocenters. The molecule has 3 amide bonds. The molecule has 132 valence electrons. The second-order valence-corrected chi connectivity index (χ2v) is 6.29. The molecule has 0 aliphatic heterocycles. The minimum atomic E-state index is -0.797. The second-order valence-electron chi connectivity index (χ2n) is 5.44. The molecule has 0 aliphatic rings. The van der Waals surface area contributed by atoms with E-state index in [4.69, 9.17) is 11.5 Å². The Bertz CT molecular complexity index is 983. The summed E-state index contributed by atoms with van der Waals surface area (Å²) in [4.78, 5) is 23.8. The lowest BCUT2D eigenvalue weighted by Crippen LogP contribution is -2.22. The summed E-state index contributed by atoms with van der Waals surface area (Å²) >= 11 is 1.66. The number of anilines is 1. The van der Waals surface area contributed by atoms with Crippen LogP contribution in [-0.2, 0) is 0 Å². The molecule has 0 aliphatic carbocycles. The van der Waals surface area contributed by atoms with E-state index in [1.165, 1.54) is 10.9 Å². The van der Waals surface area contributed by atoms with Crippen LogP contribution in [0.3, 0.4) is 0 Å². The highest BCUT2D eigenvalue weighted by molar-refractivity contribution is 7.98. The molecule has 8 heteroatoms. The predicted molar refractivity (Wildman–Crippen MR) is 103 cm³/mol. The summed E-state index contributed by atoms with van der Waals surface area (Å²) in [5.41, 5.74) is 13.4. The molecular formula is C18H17N5O2S. The fraction of sp³-hybridized carbons (Fsp3) is 0.0556. The van der Waals surface area contributed by atoms with Gasteiger partial charge < -0.3 is 16.8 Å². The fourth-order valence-corrected chi connectivity index (χ4v) is 3.23. The topological polar surface area (TPSA) is 116 Å². The fourth-order valence-electron chi connectivity index (χ4n) is 2.61. The van der Waals surface area contributed by atoms with Crippen molar-refractivity contribution in [2.24, 2.45) is 11.5 Å². The van der Waals surface area contributed by atoms with Crippen LogP contribution in [0.1, 0.15) is 10.5 Å². The van der Waals surface area contributed by atoms with Crippen LogP contribution in [0.15, 0.2) is 59.6 Å². The minimum Gasteiger partial charge on any atom is -0.364 e. The summed E-state index contributed by atoms with van der Waals surface area (Å²) in [6.07, 6.45) is 3.53. The number of benzene rings is 2. The number of urea groups is 1. The molecule has 1 heterocycles. The number of nitrogens with two attached hydrogens (primary N) is 2. The lowest BCUT2D eigenvalue weighted by atomic mass is 10.1. The third kappa shape index (κ3) is 3.55. The molecule has 0 atom stereocenters. The van der Waals surface area contributed by atoms with Gasteiger partial charge in [-0.05, 0) is 35.6 Å². The number of rotatable bonds is 5. The zero-order chi connectivity index (χ0) is 18.7. The average Bonchev–Trinajstić information content (AvgIpc) is 3.05. The van der Waals surface area contributed by atoms with E-state index in [0.29, 0.717) is 0 Å². The molecule has 0 bridgehead atoms. The van der Waals surface area contributed by atoms with Crippen LogP contribution < -0.4 is 16.8 Å². The zero-order valence-electron chi connectivity index (χ0n) is 14.0. The molecule has 0 radical (unpaired) electrons. The van der Waals surface area contributed by atoms with E-state index < -0.39 is 11.9 Å². The third-order valence-corrected chi connectivity index (χ3v) is 4.53. The van der Waals surface area contributed by atoms with Crippen LogP contribution in [0, 0.1) is 0 Å². The SMILES string of the molecule is CSc1ccccc1-c1cccc(-n2cc(NC(N)=O)c(C(N)=O)n2)c1. The quantitative estimate of drug-likeness (QED) is 0.601. The number of carbonyl (C=O) groups is 2. The molecular weight excluding hydrogens is 350 g/mol. The molecule has 0 saturated carbocycles. The monoisotopic (exact) mass is 367 g/mol. The molecule has 0 fully saturated rings. The zero-order valence-corrected chi connectivity index (χ0v) is 14.8. The largest absolute Gasteiger partial charge is 0.364 e. The van der Waals surface area contributed by atoms with Gasteiger partial charge in [-0.1, -0.05) is 30.3 Å². The number of carbonyl (C=O) groups excluding carboxylic acids is 2. The molecule has 3 rings (SSSR count). The highest BCUT2D eigenvalue weighted by atomic mass is 32.2. The van der Waals surface area contributed by atoms with E-state index in [2.05, 4.69) is 16.5 Å². The molecule has 3 aromatic rings. The summed E-state index contributed by atoms with van der Waals surface area (Å²) in [6, 6.07) is 15.0. The van der Waals surface area contributed by atoms with Gasteiger partial charge >= 0.3 is 6.03 Å². The van der Waals surface area contributed by atoms with Crippen LogP contribution in [0.25, 0.3) is 16.8 Å². The van der Waals surface area contributed by atoms with Crippen molar-refractivity contribution in [2.45, 2.75) is 4.90 Å². The Labute approximate surface area is 154 Å². The third-order valence-electron chi connectivity index (χ3n) is 3.73. The highest BCUT2D eigenvalue weighted by Crippen LogP contribution is 2.31. The van der Waals surface area contributed by atoms with Gasteiger partial charge in [0.1, 0.15) is 0 Å². The highest BCUT2D eigenvalue weighted by Gasteiger charge is 2.16. The summed E-state index contributed by atoms with van der Waals surface area (Å²) in [5.74, 6) is -0.753. The number of nitrogens with one attached hydrogen (secondary N) is 1. The molecule has 2 aromatic carbocycles. The van der Waals surface area contributed by atoms with Gasteiger partial charge in [-0.2, -0.15) is 5.10 Å². The Hall–Kier alpha value is -3.26. The Morgan fingerprint density at radius 2 is 1.88 bits per heavy atom. The normalized spacial score (nSPS) is 10.5. The number of thioether (sulfide) groups is 1. The van der Waals surface area contributed by atoms with Gasteiger partial charge in [0.2, 0.25) is 0 Å². The van der Waals surface area contributed by atoms with Crippen LogP contribution in [-0.4, -0.2) is 28.0 Å². The smallest absolute Gasteiger partial charge is 0.316 e. The van der Waals surface area contributed by atoms with E-state index in [9.17, 15) is 9.59 Å². The number of primary amides is 2. The van der Waals surface area contributed by atoms with Gasteiger partial charge in [-0.25, -0.2) is 9.48 Å². The van der Waals surface area contributed by atoms with E-state index in [-0.39, 0.29) is 11.4 Å². The molecule has 26 heavy (non-hydrogen) atoms. The van der Waals surface area contributed by atoms with Crippen LogP contribution in [0.5, 0.6) is 0 Å². The Morgan fingerprint density at radius 3 is 2.58 bits per heavy atom. The Morgan fingerprint density at radius 1 is 1.12 bits per heavy atom. The van der Waals surface area contributed by atoms with E-state index >= 15 is 0 Å². The average molecular weight is 367 g/mol. The van der Waals surface area contributed by atoms with Gasteiger partial charge in [-0.15, -0.1) is 11.8 Å². The Balaban J connectivity index is 2.06. The van der Waals surface area contributed by atoms with Crippen molar-refractivity contribution < 1.29 is 9.59 Å². The summed E-state index contributed by atoms with van der Waals surface area (Å²) in [7, 11) is 0. The molecule has 1 aromatic heterocycles. The second kappa shape index (κ2) is 7.32. The van der Waals surface area contributed by atoms with Crippen LogP contribution in [0.2, 0.25) is 0 Å². The predicted octanol–water partition coefficient (Wildman–Crippen LogP) is 2.85. The standard InChI is InChI=1S/C18H17N5O2S/c1-26-15-8-3-2-7-13(15)11-5-4-6-12(9-11)23-10-14(21-18(20)25)16(22-23)17(19)24/h2-10H,1H3,(H2,19,24)(H3,20,21,25). The van der Waals surface area contributed by atoms with Crippen molar-refractivity contribution in [3.05, 3.63) is 60.4 Å². The molecule has 5 N–H and O–H groups in total. The lowest BCUT2D eigenvalue weighted by molar-refractivity contribution is 0.0996. The molecule has 0 spiro atoms. The van der Waals surface area contributed by atoms with Gasteiger partial charge in [-0.3, -0.25) is 4.79 Å². The van der Waals surface area contributed by atoms with Crippen LogP contribution >= 0.6 is 11.8 Å². The minimum absolute atomic E-state index is 0.0567. The van der Waals surface area contributed by atoms with Gasteiger partial charge in [0, 0.05) is 4.90 Å². The number of nitrogens with zero attached hydrogens (tertiary/aromatic N) is 2. The maximum atomic E-state index is 11.6. The number of amides is 3. The van der Waals surface area contributed by atoms with Crippen LogP contribution in [0.4, 0.5) is 10.5 Å². The van der Waals surface area contributed by atoms with Crippen molar-refractivity contribution >= 4 is 29.4 Å². The van der Waals surface area contributed by atoms with Gasteiger partial charge in [0.05, 0.1) is 17.6 Å². The molecule has 7 nitrogen and oxygen atoms in total.